The molecule has 4 heteroatoms. The largest absolute Gasteiger partial charge is 0.358 e. The van der Waals surface area contributed by atoms with Crippen LogP contribution in [-0.4, -0.2) is 28.2 Å². The van der Waals surface area contributed by atoms with Crippen molar-refractivity contribution in [3.05, 3.63) is 47.7 Å². The zero-order valence-corrected chi connectivity index (χ0v) is 15.0. The van der Waals surface area contributed by atoms with Crippen LogP contribution in [0.3, 0.4) is 0 Å². The minimum atomic E-state index is 0.0300. The number of hydrogen-bond acceptors (Lipinski definition) is 2. The minimum Gasteiger partial charge on any atom is -0.358 e. The van der Waals surface area contributed by atoms with E-state index in [0.29, 0.717) is 6.54 Å². The van der Waals surface area contributed by atoms with Crippen LogP contribution in [0, 0.1) is 18.8 Å². The number of benzene rings is 1. The number of amides is 1. The lowest BCUT2D eigenvalue weighted by Gasteiger charge is -2.37. The standard InChI is InChI=1S/C21H25N3O/c1-3-4-13-24-21(25)16-10-6-5-9-15(16)20(23-24)19-14(2)22-18-12-8-7-11-17(18)19/h5-8,11-12,15-16,22H,3-4,9-10,13H2,1-2H3. The summed E-state index contributed by atoms with van der Waals surface area (Å²) in [7, 11) is 0. The number of hydrogen-bond donors (Lipinski definition) is 1. The Balaban J connectivity index is 1.85. The summed E-state index contributed by atoms with van der Waals surface area (Å²) >= 11 is 0. The Morgan fingerprint density at radius 1 is 1.20 bits per heavy atom. The lowest BCUT2D eigenvalue weighted by Crippen LogP contribution is -2.45. The Kier molecular flexibility index (Phi) is 4.20. The van der Waals surface area contributed by atoms with Crippen molar-refractivity contribution in [3.63, 3.8) is 0 Å². The number of hydrazone groups is 1. The molecule has 0 saturated heterocycles. The minimum absolute atomic E-state index is 0.0300. The van der Waals surface area contributed by atoms with Gasteiger partial charge in [0.15, 0.2) is 0 Å². The number of aromatic nitrogens is 1. The number of carbonyl (C=O) groups excluding carboxylic acids is 1. The van der Waals surface area contributed by atoms with E-state index < -0.39 is 0 Å². The molecule has 1 aliphatic carbocycles. The summed E-state index contributed by atoms with van der Waals surface area (Å²) in [6, 6.07) is 8.37. The number of H-pyrrole nitrogens is 1. The second-order valence-electron chi connectivity index (χ2n) is 7.13. The number of unbranched alkanes of at least 4 members (excludes halogenated alkanes) is 1. The number of nitrogens with zero attached hydrogens (tertiary/aromatic N) is 2. The number of carbonyl (C=O) groups is 1. The Bertz CT molecular complexity index is 861. The van der Waals surface area contributed by atoms with Crippen LogP contribution in [0.1, 0.15) is 43.9 Å². The molecule has 0 bridgehead atoms. The summed E-state index contributed by atoms with van der Waals surface area (Å²) < 4.78 is 0. The van der Waals surface area contributed by atoms with Crippen LogP contribution in [0.5, 0.6) is 0 Å². The van der Waals surface area contributed by atoms with Gasteiger partial charge >= 0.3 is 0 Å². The van der Waals surface area contributed by atoms with Crippen LogP contribution in [0.4, 0.5) is 0 Å². The Morgan fingerprint density at radius 2 is 1.96 bits per heavy atom. The van der Waals surface area contributed by atoms with Crippen molar-refractivity contribution in [1.29, 1.82) is 0 Å². The van der Waals surface area contributed by atoms with Gasteiger partial charge in [-0.3, -0.25) is 4.79 Å². The number of nitrogens with one attached hydrogen (secondary N) is 1. The average Bonchev–Trinajstić information content (AvgIpc) is 2.97. The van der Waals surface area contributed by atoms with E-state index in [1.807, 2.05) is 6.07 Å². The first-order valence-electron chi connectivity index (χ1n) is 9.33. The molecule has 1 N–H and O–H groups in total. The summed E-state index contributed by atoms with van der Waals surface area (Å²) in [5.41, 5.74) is 4.55. The molecule has 2 heterocycles. The highest BCUT2D eigenvalue weighted by atomic mass is 16.2. The number of allylic oxidation sites excluding steroid dienone is 2. The van der Waals surface area contributed by atoms with E-state index in [9.17, 15) is 4.79 Å². The van der Waals surface area contributed by atoms with Crippen molar-refractivity contribution < 1.29 is 4.79 Å². The maximum Gasteiger partial charge on any atom is 0.246 e. The molecule has 2 atom stereocenters. The lowest BCUT2D eigenvalue weighted by atomic mass is 9.76. The van der Waals surface area contributed by atoms with Crippen LogP contribution in [0.2, 0.25) is 0 Å². The molecule has 1 aromatic carbocycles. The highest BCUT2D eigenvalue weighted by Crippen LogP contribution is 2.37. The SMILES string of the molecule is CCCCN1N=C(c2c(C)[nH]c3ccccc23)C2CC=CCC2C1=O. The van der Waals surface area contributed by atoms with E-state index in [1.165, 1.54) is 10.9 Å². The van der Waals surface area contributed by atoms with Gasteiger partial charge in [0.2, 0.25) is 5.91 Å². The van der Waals surface area contributed by atoms with E-state index in [-0.39, 0.29) is 17.7 Å². The topological polar surface area (TPSA) is 48.5 Å². The Hall–Kier alpha value is -2.36. The van der Waals surface area contributed by atoms with Crippen molar-refractivity contribution in [3.8, 4) is 0 Å². The molecule has 2 aromatic rings. The Labute approximate surface area is 148 Å². The van der Waals surface area contributed by atoms with E-state index in [0.717, 1.165) is 42.6 Å². The molecule has 0 spiro atoms. The number of aromatic amines is 1. The third-order valence-electron chi connectivity index (χ3n) is 5.46. The van der Waals surface area contributed by atoms with Crippen LogP contribution < -0.4 is 0 Å². The molecule has 4 nitrogen and oxygen atoms in total. The summed E-state index contributed by atoms with van der Waals surface area (Å²) in [6.07, 6.45) is 8.14. The van der Waals surface area contributed by atoms with Gasteiger partial charge in [0.25, 0.3) is 0 Å². The molecule has 4 rings (SSSR count). The van der Waals surface area contributed by atoms with Crippen LogP contribution in [-0.2, 0) is 4.79 Å². The predicted octanol–water partition coefficient (Wildman–Crippen LogP) is 4.41. The number of para-hydroxylation sites is 1. The maximum atomic E-state index is 12.9. The van der Waals surface area contributed by atoms with Gasteiger partial charge in [-0.2, -0.15) is 5.10 Å². The summed E-state index contributed by atoms with van der Waals surface area (Å²) in [6.45, 7) is 4.97. The van der Waals surface area contributed by atoms with Gasteiger partial charge in [0, 0.05) is 34.6 Å². The van der Waals surface area contributed by atoms with Crippen LogP contribution >= 0.6 is 0 Å². The fourth-order valence-corrected chi connectivity index (χ4v) is 4.14. The Morgan fingerprint density at radius 3 is 2.76 bits per heavy atom. The zero-order valence-electron chi connectivity index (χ0n) is 15.0. The van der Waals surface area contributed by atoms with Gasteiger partial charge in [0.1, 0.15) is 0 Å². The highest BCUT2D eigenvalue weighted by molar-refractivity contribution is 6.15. The quantitative estimate of drug-likeness (QED) is 0.827. The molecule has 130 valence electrons. The van der Waals surface area contributed by atoms with Gasteiger partial charge in [-0.25, -0.2) is 5.01 Å². The van der Waals surface area contributed by atoms with Gasteiger partial charge in [-0.1, -0.05) is 43.7 Å². The molecule has 1 amide bonds. The summed E-state index contributed by atoms with van der Waals surface area (Å²) in [5.74, 6) is 0.416. The first kappa shape index (κ1) is 16.1. The van der Waals surface area contributed by atoms with Crippen molar-refractivity contribution >= 4 is 22.5 Å². The first-order chi connectivity index (χ1) is 12.2. The van der Waals surface area contributed by atoms with E-state index in [4.69, 9.17) is 5.10 Å². The van der Waals surface area contributed by atoms with Gasteiger partial charge in [-0.05, 0) is 32.3 Å². The van der Waals surface area contributed by atoms with Gasteiger partial charge in [0.05, 0.1) is 11.6 Å². The van der Waals surface area contributed by atoms with E-state index in [1.54, 1.807) is 5.01 Å². The normalized spacial score (nSPS) is 23.0. The molecule has 2 aliphatic rings. The number of rotatable bonds is 4. The lowest BCUT2D eigenvalue weighted by molar-refractivity contribution is -0.137. The van der Waals surface area contributed by atoms with Gasteiger partial charge < -0.3 is 4.98 Å². The molecular weight excluding hydrogens is 310 g/mol. The smallest absolute Gasteiger partial charge is 0.246 e. The number of fused-ring (bicyclic) bond motifs is 2. The summed E-state index contributed by atoms with van der Waals surface area (Å²) in [5, 5.41) is 7.83. The third-order valence-corrected chi connectivity index (χ3v) is 5.46. The predicted molar refractivity (Wildman–Crippen MR) is 102 cm³/mol. The first-order valence-corrected chi connectivity index (χ1v) is 9.33. The second-order valence-corrected chi connectivity index (χ2v) is 7.13. The molecule has 0 saturated carbocycles. The molecular formula is C21H25N3O. The zero-order chi connectivity index (χ0) is 17.4. The number of aryl methyl sites for hydroxylation is 1. The molecule has 1 aromatic heterocycles. The fraction of sp³-hybridized carbons (Fsp3) is 0.429. The van der Waals surface area contributed by atoms with E-state index >= 15 is 0 Å². The van der Waals surface area contributed by atoms with Crippen LogP contribution in [0.25, 0.3) is 10.9 Å². The van der Waals surface area contributed by atoms with Crippen molar-refractivity contribution in [1.82, 2.24) is 9.99 Å². The molecule has 2 unspecified atom stereocenters. The monoisotopic (exact) mass is 335 g/mol. The third kappa shape index (κ3) is 2.70. The molecule has 0 radical (unpaired) electrons. The average molecular weight is 335 g/mol. The van der Waals surface area contributed by atoms with Crippen molar-refractivity contribution in [2.45, 2.75) is 39.5 Å². The van der Waals surface area contributed by atoms with E-state index in [2.05, 4.69) is 49.2 Å². The summed E-state index contributed by atoms with van der Waals surface area (Å²) in [4.78, 5) is 16.4. The molecule has 25 heavy (non-hydrogen) atoms. The van der Waals surface area contributed by atoms with Crippen LogP contribution in [0.15, 0.2) is 41.5 Å². The highest BCUT2D eigenvalue weighted by Gasteiger charge is 2.40. The fourth-order valence-electron chi connectivity index (χ4n) is 4.14. The van der Waals surface area contributed by atoms with Crippen molar-refractivity contribution in [2.75, 3.05) is 6.54 Å². The second kappa shape index (κ2) is 6.51. The molecule has 0 fully saturated rings. The molecule has 1 aliphatic heterocycles. The van der Waals surface area contributed by atoms with Gasteiger partial charge in [-0.15, -0.1) is 0 Å². The maximum absolute atomic E-state index is 12.9. The van der Waals surface area contributed by atoms with Crippen molar-refractivity contribution in [2.24, 2.45) is 16.9 Å².